The van der Waals surface area contributed by atoms with Crippen molar-refractivity contribution in [2.75, 3.05) is 19.7 Å². The second kappa shape index (κ2) is 8.23. The van der Waals surface area contributed by atoms with Gasteiger partial charge >= 0.3 is 11.9 Å². The molecule has 0 aromatic carbocycles. The number of esters is 2. The van der Waals surface area contributed by atoms with E-state index in [-0.39, 0.29) is 19.1 Å². The van der Waals surface area contributed by atoms with Crippen molar-refractivity contribution in [2.24, 2.45) is 0 Å². The smallest absolute Gasteiger partial charge is 0.344 e. The third kappa shape index (κ3) is 9.21. The van der Waals surface area contributed by atoms with E-state index in [2.05, 4.69) is 5.32 Å². The Labute approximate surface area is 90.1 Å². The van der Waals surface area contributed by atoms with E-state index in [9.17, 15) is 9.59 Å². The van der Waals surface area contributed by atoms with Gasteiger partial charge in [0.05, 0.1) is 12.5 Å². The SMILES string of the molecule is CCNCCC(=O)OCC(=O)OC(C)C. The first-order valence-corrected chi connectivity index (χ1v) is 5.12. The Bertz CT molecular complexity index is 204. The number of rotatable bonds is 7. The van der Waals surface area contributed by atoms with Crippen molar-refractivity contribution in [3.8, 4) is 0 Å². The summed E-state index contributed by atoms with van der Waals surface area (Å²) in [4.78, 5) is 22.0. The molecule has 0 aliphatic heterocycles. The van der Waals surface area contributed by atoms with Gasteiger partial charge in [0.2, 0.25) is 0 Å². The summed E-state index contributed by atoms with van der Waals surface area (Å²) in [6.07, 6.45) is 0.0842. The summed E-state index contributed by atoms with van der Waals surface area (Å²) in [5.41, 5.74) is 0. The van der Waals surface area contributed by atoms with Crippen molar-refractivity contribution in [1.29, 1.82) is 0 Å². The van der Waals surface area contributed by atoms with E-state index in [4.69, 9.17) is 9.47 Å². The fraction of sp³-hybridized carbons (Fsp3) is 0.800. The highest BCUT2D eigenvalue weighted by Gasteiger charge is 2.09. The monoisotopic (exact) mass is 217 g/mol. The van der Waals surface area contributed by atoms with Crippen LogP contribution in [-0.4, -0.2) is 37.7 Å². The van der Waals surface area contributed by atoms with Crippen molar-refractivity contribution < 1.29 is 19.1 Å². The van der Waals surface area contributed by atoms with E-state index < -0.39 is 11.9 Å². The molecule has 0 unspecified atom stereocenters. The van der Waals surface area contributed by atoms with E-state index in [0.29, 0.717) is 6.54 Å². The molecule has 0 amide bonds. The van der Waals surface area contributed by atoms with Crippen LogP contribution in [0.4, 0.5) is 0 Å². The zero-order valence-corrected chi connectivity index (χ0v) is 9.54. The van der Waals surface area contributed by atoms with Gasteiger partial charge in [-0.1, -0.05) is 6.92 Å². The molecule has 5 heteroatoms. The summed E-state index contributed by atoms with van der Waals surface area (Å²) in [6.45, 7) is 6.50. The van der Waals surface area contributed by atoms with Crippen molar-refractivity contribution in [3.63, 3.8) is 0 Å². The van der Waals surface area contributed by atoms with E-state index in [1.54, 1.807) is 13.8 Å². The molecule has 0 saturated carbocycles. The molecule has 1 N–H and O–H groups in total. The molecule has 0 aliphatic carbocycles. The zero-order chi connectivity index (χ0) is 11.7. The molecule has 0 heterocycles. The predicted octanol–water partition coefficient (Wildman–Crippen LogP) is 0.481. The summed E-state index contributed by atoms with van der Waals surface area (Å²) >= 11 is 0. The topological polar surface area (TPSA) is 64.6 Å². The highest BCUT2D eigenvalue weighted by atomic mass is 16.6. The first kappa shape index (κ1) is 13.9. The maximum Gasteiger partial charge on any atom is 0.344 e. The molecule has 0 aromatic heterocycles. The Balaban J connectivity index is 3.49. The molecular weight excluding hydrogens is 198 g/mol. The molecule has 0 aromatic rings. The number of ether oxygens (including phenoxy) is 2. The number of nitrogens with one attached hydrogen (secondary N) is 1. The van der Waals surface area contributed by atoms with Crippen molar-refractivity contribution in [2.45, 2.75) is 33.3 Å². The third-order valence-electron chi connectivity index (χ3n) is 1.47. The van der Waals surface area contributed by atoms with Crippen molar-refractivity contribution in [1.82, 2.24) is 5.32 Å². The van der Waals surface area contributed by atoms with Crippen molar-refractivity contribution >= 4 is 11.9 Å². The fourth-order valence-electron chi connectivity index (χ4n) is 0.876. The van der Waals surface area contributed by atoms with Gasteiger partial charge in [-0.15, -0.1) is 0 Å². The lowest BCUT2D eigenvalue weighted by molar-refractivity contribution is -0.161. The molecule has 0 radical (unpaired) electrons. The van der Waals surface area contributed by atoms with Crippen LogP contribution in [0.5, 0.6) is 0 Å². The Hall–Kier alpha value is -1.10. The summed E-state index contributed by atoms with van der Waals surface area (Å²) in [6, 6.07) is 0. The molecule has 0 aliphatic rings. The first-order valence-electron chi connectivity index (χ1n) is 5.12. The van der Waals surface area contributed by atoms with E-state index in [1.165, 1.54) is 0 Å². The van der Waals surface area contributed by atoms with E-state index >= 15 is 0 Å². The van der Waals surface area contributed by atoms with Crippen LogP contribution >= 0.6 is 0 Å². The standard InChI is InChI=1S/C10H19NO4/c1-4-11-6-5-9(12)14-7-10(13)15-8(2)3/h8,11H,4-7H2,1-3H3. The lowest BCUT2D eigenvalue weighted by atomic mass is 10.4. The van der Waals surface area contributed by atoms with Gasteiger partial charge in [0.15, 0.2) is 6.61 Å². The number of hydrogen-bond donors (Lipinski definition) is 1. The molecule has 0 fully saturated rings. The molecule has 0 spiro atoms. The average molecular weight is 217 g/mol. The van der Waals surface area contributed by atoms with Crippen LogP contribution in [0.15, 0.2) is 0 Å². The fourth-order valence-corrected chi connectivity index (χ4v) is 0.876. The van der Waals surface area contributed by atoms with Gasteiger partial charge in [-0.3, -0.25) is 4.79 Å². The normalized spacial score (nSPS) is 10.1. The van der Waals surface area contributed by atoms with Gasteiger partial charge in [0, 0.05) is 6.54 Å². The lowest BCUT2D eigenvalue weighted by Crippen LogP contribution is -2.22. The van der Waals surface area contributed by atoms with E-state index in [1.807, 2.05) is 6.92 Å². The second-order valence-electron chi connectivity index (χ2n) is 3.30. The third-order valence-corrected chi connectivity index (χ3v) is 1.47. The quantitative estimate of drug-likeness (QED) is 0.496. The largest absolute Gasteiger partial charge is 0.460 e. The first-order chi connectivity index (χ1) is 7.06. The minimum atomic E-state index is -0.512. The van der Waals surface area contributed by atoms with Crippen LogP contribution in [0.3, 0.4) is 0 Å². The number of carbonyl (C=O) groups excluding carboxylic acids is 2. The van der Waals surface area contributed by atoms with Gasteiger partial charge in [-0.2, -0.15) is 0 Å². The van der Waals surface area contributed by atoms with Gasteiger partial charge in [0.25, 0.3) is 0 Å². The Morgan fingerprint density at radius 1 is 1.27 bits per heavy atom. The Morgan fingerprint density at radius 3 is 2.47 bits per heavy atom. The summed E-state index contributed by atoms with van der Waals surface area (Å²) in [5.74, 6) is -0.904. The second-order valence-corrected chi connectivity index (χ2v) is 3.30. The maximum absolute atomic E-state index is 11.0. The van der Waals surface area contributed by atoms with Gasteiger partial charge in [-0.25, -0.2) is 4.79 Å². The van der Waals surface area contributed by atoms with Crippen LogP contribution in [0.2, 0.25) is 0 Å². The highest BCUT2D eigenvalue weighted by molar-refractivity contribution is 5.76. The number of carbonyl (C=O) groups is 2. The molecular formula is C10H19NO4. The summed E-state index contributed by atoms with van der Waals surface area (Å²) in [7, 11) is 0. The molecule has 0 bridgehead atoms. The summed E-state index contributed by atoms with van der Waals surface area (Å²) < 4.78 is 9.49. The molecule has 5 nitrogen and oxygen atoms in total. The molecule has 0 saturated heterocycles. The zero-order valence-electron chi connectivity index (χ0n) is 9.54. The van der Waals surface area contributed by atoms with Crippen LogP contribution in [0.1, 0.15) is 27.2 Å². The van der Waals surface area contributed by atoms with Crippen LogP contribution in [0, 0.1) is 0 Å². The van der Waals surface area contributed by atoms with Gasteiger partial charge < -0.3 is 14.8 Å². The molecule has 15 heavy (non-hydrogen) atoms. The lowest BCUT2D eigenvalue weighted by Gasteiger charge is -2.08. The van der Waals surface area contributed by atoms with Crippen LogP contribution < -0.4 is 5.32 Å². The van der Waals surface area contributed by atoms with Crippen LogP contribution in [-0.2, 0) is 19.1 Å². The molecule has 0 rings (SSSR count). The predicted molar refractivity (Wildman–Crippen MR) is 55.3 cm³/mol. The van der Waals surface area contributed by atoms with Crippen molar-refractivity contribution in [3.05, 3.63) is 0 Å². The minimum Gasteiger partial charge on any atom is -0.460 e. The summed E-state index contributed by atoms with van der Waals surface area (Å²) in [5, 5.41) is 2.98. The van der Waals surface area contributed by atoms with Gasteiger partial charge in [0.1, 0.15) is 0 Å². The highest BCUT2D eigenvalue weighted by Crippen LogP contribution is 1.91. The minimum absolute atomic E-state index is 0.182. The maximum atomic E-state index is 11.0. The van der Waals surface area contributed by atoms with Gasteiger partial charge in [-0.05, 0) is 20.4 Å². The molecule has 0 atom stereocenters. The Morgan fingerprint density at radius 2 is 1.93 bits per heavy atom. The number of hydrogen-bond acceptors (Lipinski definition) is 5. The average Bonchev–Trinajstić information content (AvgIpc) is 2.14. The van der Waals surface area contributed by atoms with E-state index in [0.717, 1.165) is 6.54 Å². The van der Waals surface area contributed by atoms with Crippen LogP contribution in [0.25, 0.3) is 0 Å². The molecule has 88 valence electrons. The Kier molecular flexibility index (Phi) is 7.62.